The molecule has 0 bridgehead atoms. The van der Waals surface area contributed by atoms with Gasteiger partial charge in [0.2, 0.25) is 0 Å². The number of benzene rings is 1. The lowest BCUT2D eigenvalue weighted by Crippen LogP contribution is -2.44. The van der Waals surface area contributed by atoms with Crippen LogP contribution in [0.2, 0.25) is 5.02 Å². The Bertz CT molecular complexity index is 869. The van der Waals surface area contributed by atoms with Gasteiger partial charge in [-0.05, 0) is 32.0 Å². The number of aromatic nitrogens is 2. The molecule has 1 fully saturated rings. The van der Waals surface area contributed by atoms with Crippen LogP contribution in [0.1, 0.15) is 12.8 Å². The molecule has 27 heavy (non-hydrogen) atoms. The number of aliphatic hydroxyl groups excluding tert-OH is 1. The zero-order valence-electron chi connectivity index (χ0n) is 14.9. The van der Waals surface area contributed by atoms with Gasteiger partial charge in [-0.2, -0.15) is 9.78 Å². The van der Waals surface area contributed by atoms with E-state index in [1.807, 2.05) is 11.9 Å². The molecule has 3 rings (SSSR count). The molecule has 2 aromatic rings. The normalized spacial score (nSPS) is 15.6. The highest BCUT2D eigenvalue weighted by molar-refractivity contribution is 6.33. The summed E-state index contributed by atoms with van der Waals surface area (Å²) in [5.74, 6) is -1.62. The molecule has 146 valence electrons. The van der Waals surface area contributed by atoms with Crippen molar-refractivity contribution in [2.45, 2.75) is 18.9 Å². The minimum Gasteiger partial charge on any atom is -0.395 e. The first-order valence-corrected chi connectivity index (χ1v) is 9.09. The standard InChI is InChI=1S/C18H21ClF2N4O2/c1-23(8-9-26)13-4-6-24(7-5-13)16-11-22-25(18(27)17(16)19)15-3-2-12(20)10-14(15)21/h2-3,10-11,13,26H,4-9H2,1H3. The van der Waals surface area contributed by atoms with E-state index >= 15 is 0 Å². The quantitative estimate of drug-likeness (QED) is 0.835. The van der Waals surface area contributed by atoms with E-state index in [0.717, 1.165) is 29.7 Å². The Morgan fingerprint density at radius 1 is 1.30 bits per heavy atom. The van der Waals surface area contributed by atoms with Crippen LogP contribution in [0.4, 0.5) is 14.5 Å². The van der Waals surface area contributed by atoms with E-state index in [1.165, 1.54) is 6.20 Å². The zero-order valence-corrected chi connectivity index (χ0v) is 15.7. The van der Waals surface area contributed by atoms with E-state index in [9.17, 15) is 13.6 Å². The molecule has 2 heterocycles. The van der Waals surface area contributed by atoms with Gasteiger partial charge in [0.1, 0.15) is 16.5 Å². The van der Waals surface area contributed by atoms with Gasteiger partial charge in [-0.25, -0.2) is 8.78 Å². The van der Waals surface area contributed by atoms with E-state index in [0.29, 0.717) is 37.4 Å². The molecule has 1 saturated heterocycles. The van der Waals surface area contributed by atoms with Gasteiger partial charge in [0.05, 0.1) is 18.5 Å². The number of hydrogen-bond acceptors (Lipinski definition) is 5. The molecule has 0 spiro atoms. The van der Waals surface area contributed by atoms with Crippen LogP contribution in [-0.4, -0.2) is 59.1 Å². The topological polar surface area (TPSA) is 61.6 Å². The van der Waals surface area contributed by atoms with Crippen molar-refractivity contribution in [3.05, 3.63) is 51.4 Å². The van der Waals surface area contributed by atoms with Crippen LogP contribution in [0.3, 0.4) is 0 Å². The smallest absolute Gasteiger partial charge is 0.292 e. The van der Waals surface area contributed by atoms with Gasteiger partial charge in [-0.15, -0.1) is 0 Å². The predicted octanol–water partition coefficient (Wildman–Crippen LogP) is 2.06. The second-order valence-electron chi connectivity index (χ2n) is 6.58. The summed E-state index contributed by atoms with van der Waals surface area (Å²) in [7, 11) is 1.98. The van der Waals surface area contributed by atoms with Crippen molar-refractivity contribution in [1.82, 2.24) is 14.7 Å². The Labute approximate surface area is 160 Å². The molecule has 0 amide bonds. The van der Waals surface area contributed by atoms with Crippen molar-refractivity contribution >= 4 is 17.3 Å². The summed E-state index contributed by atoms with van der Waals surface area (Å²) in [5, 5.41) is 13.0. The van der Waals surface area contributed by atoms with Crippen molar-refractivity contribution in [1.29, 1.82) is 0 Å². The molecular formula is C18H21ClF2N4O2. The number of anilines is 1. The van der Waals surface area contributed by atoms with Crippen molar-refractivity contribution in [3.63, 3.8) is 0 Å². The van der Waals surface area contributed by atoms with Gasteiger partial charge in [0.25, 0.3) is 5.56 Å². The van der Waals surface area contributed by atoms with E-state index in [2.05, 4.69) is 10.00 Å². The molecule has 0 unspecified atom stereocenters. The number of aliphatic hydroxyl groups is 1. The Morgan fingerprint density at radius 2 is 2.00 bits per heavy atom. The first-order valence-electron chi connectivity index (χ1n) is 8.71. The maximum absolute atomic E-state index is 14.0. The third kappa shape index (κ3) is 4.12. The minimum atomic E-state index is -0.888. The number of hydrogen-bond donors (Lipinski definition) is 1. The summed E-state index contributed by atoms with van der Waals surface area (Å²) in [5.41, 5.74) is -0.304. The number of nitrogens with zero attached hydrogens (tertiary/aromatic N) is 4. The molecule has 1 aromatic carbocycles. The van der Waals surface area contributed by atoms with Gasteiger partial charge in [0, 0.05) is 31.7 Å². The van der Waals surface area contributed by atoms with E-state index < -0.39 is 17.2 Å². The largest absolute Gasteiger partial charge is 0.395 e. The molecule has 1 aliphatic heterocycles. The lowest BCUT2D eigenvalue weighted by atomic mass is 10.0. The van der Waals surface area contributed by atoms with Crippen LogP contribution in [0.15, 0.2) is 29.2 Å². The molecular weight excluding hydrogens is 378 g/mol. The van der Waals surface area contributed by atoms with Gasteiger partial charge >= 0.3 is 0 Å². The monoisotopic (exact) mass is 398 g/mol. The zero-order chi connectivity index (χ0) is 19.6. The van der Waals surface area contributed by atoms with Gasteiger partial charge in [0.15, 0.2) is 5.82 Å². The van der Waals surface area contributed by atoms with Crippen LogP contribution in [0, 0.1) is 11.6 Å². The van der Waals surface area contributed by atoms with E-state index in [1.54, 1.807) is 0 Å². The number of rotatable bonds is 5. The molecule has 1 aliphatic rings. The first-order chi connectivity index (χ1) is 12.9. The lowest BCUT2D eigenvalue weighted by molar-refractivity contribution is 0.162. The predicted molar refractivity (Wildman–Crippen MR) is 99.7 cm³/mol. The van der Waals surface area contributed by atoms with Gasteiger partial charge in [-0.3, -0.25) is 4.79 Å². The minimum absolute atomic E-state index is 0.0455. The van der Waals surface area contributed by atoms with Crippen LogP contribution in [0.5, 0.6) is 0 Å². The average Bonchev–Trinajstić information content (AvgIpc) is 2.65. The lowest BCUT2D eigenvalue weighted by Gasteiger charge is -2.37. The fourth-order valence-corrected chi connectivity index (χ4v) is 3.61. The SMILES string of the molecule is CN(CCO)C1CCN(c2cnn(-c3ccc(F)cc3F)c(=O)c2Cl)CC1. The summed E-state index contributed by atoms with van der Waals surface area (Å²) in [4.78, 5) is 16.7. The number of likely N-dealkylation sites (N-methyl/N-ethyl adjacent to an activating group) is 1. The van der Waals surface area contributed by atoms with Crippen molar-refractivity contribution in [2.24, 2.45) is 0 Å². The second-order valence-corrected chi connectivity index (χ2v) is 6.96. The maximum Gasteiger partial charge on any atom is 0.292 e. The van der Waals surface area contributed by atoms with E-state index in [-0.39, 0.29) is 17.3 Å². The van der Waals surface area contributed by atoms with Crippen LogP contribution in [0.25, 0.3) is 5.69 Å². The highest BCUT2D eigenvalue weighted by atomic mass is 35.5. The third-order valence-corrected chi connectivity index (χ3v) is 5.27. The molecule has 9 heteroatoms. The summed E-state index contributed by atoms with van der Waals surface area (Å²) >= 11 is 6.26. The molecule has 1 N–H and O–H groups in total. The molecule has 0 aliphatic carbocycles. The summed E-state index contributed by atoms with van der Waals surface area (Å²) < 4.78 is 27.9. The Morgan fingerprint density at radius 3 is 2.63 bits per heavy atom. The Hall–Kier alpha value is -2.03. The maximum atomic E-state index is 14.0. The molecule has 0 atom stereocenters. The third-order valence-electron chi connectivity index (χ3n) is 4.92. The van der Waals surface area contributed by atoms with Crippen LogP contribution in [-0.2, 0) is 0 Å². The highest BCUT2D eigenvalue weighted by Crippen LogP contribution is 2.26. The summed E-state index contributed by atoms with van der Waals surface area (Å²) in [6, 6.07) is 3.26. The average molecular weight is 399 g/mol. The molecule has 0 saturated carbocycles. The highest BCUT2D eigenvalue weighted by Gasteiger charge is 2.25. The molecule has 6 nitrogen and oxygen atoms in total. The Kier molecular flexibility index (Phi) is 6.08. The molecule has 1 aromatic heterocycles. The number of piperidine rings is 1. The summed E-state index contributed by atoms with van der Waals surface area (Å²) in [6.07, 6.45) is 3.16. The summed E-state index contributed by atoms with van der Waals surface area (Å²) in [6.45, 7) is 2.11. The Balaban J connectivity index is 1.81. The van der Waals surface area contributed by atoms with Crippen molar-refractivity contribution < 1.29 is 13.9 Å². The van der Waals surface area contributed by atoms with Crippen molar-refractivity contribution in [3.8, 4) is 5.69 Å². The van der Waals surface area contributed by atoms with Gasteiger partial charge in [-0.1, -0.05) is 11.6 Å². The fraction of sp³-hybridized carbons (Fsp3) is 0.444. The molecule has 0 radical (unpaired) electrons. The van der Waals surface area contributed by atoms with E-state index in [4.69, 9.17) is 16.7 Å². The van der Waals surface area contributed by atoms with Crippen LogP contribution < -0.4 is 10.5 Å². The fourth-order valence-electron chi connectivity index (χ4n) is 3.36. The van der Waals surface area contributed by atoms with Gasteiger partial charge < -0.3 is 14.9 Å². The van der Waals surface area contributed by atoms with Crippen LogP contribution >= 0.6 is 11.6 Å². The second kappa shape index (κ2) is 8.33. The first kappa shape index (κ1) is 19.7. The number of halogens is 3. The van der Waals surface area contributed by atoms with Crippen molar-refractivity contribution in [2.75, 3.05) is 38.2 Å².